The summed E-state index contributed by atoms with van der Waals surface area (Å²) in [6.07, 6.45) is 2.56. The lowest BCUT2D eigenvalue weighted by molar-refractivity contribution is -0.159. The number of carboxylic acids is 1. The van der Waals surface area contributed by atoms with Crippen molar-refractivity contribution in [1.29, 1.82) is 0 Å². The summed E-state index contributed by atoms with van der Waals surface area (Å²) in [5.74, 6) is -1.94. The first-order chi connectivity index (χ1) is 12.0. The van der Waals surface area contributed by atoms with Crippen LogP contribution in [0.15, 0.2) is 24.3 Å². The van der Waals surface area contributed by atoms with Crippen LogP contribution >= 0.6 is 11.8 Å². The summed E-state index contributed by atoms with van der Waals surface area (Å²) in [5.41, 5.74) is 0.570. The van der Waals surface area contributed by atoms with Gasteiger partial charge in [-0.25, -0.2) is 4.79 Å². The molecule has 3 amide bonds. The van der Waals surface area contributed by atoms with Crippen molar-refractivity contribution in [3.63, 3.8) is 0 Å². The van der Waals surface area contributed by atoms with Gasteiger partial charge in [0.15, 0.2) is 0 Å². The molecule has 0 aromatic heterocycles. The summed E-state index contributed by atoms with van der Waals surface area (Å²) in [4.78, 5) is 51.7. The molecule has 2 heterocycles. The summed E-state index contributed by atoms with van der Waals surface area (Å²) in [5, 5.41) is 9.18. The highest BCUT2D eigenvalue weighted by molar-refractivity contribution is 7.98. The van der Waals surface area contributed by atoms with Crippen LogP contribution in [0.5, 0.6) is 0 Å². The molecule has 1 aromatic rings. The summed E-state index contributed by atoms with van der Waals surface area (Å²) in [7, 11) is 0. The molecule has 1 fully saturated rings. The van der Waals surface area contributed by atoms with Gasteiger partial charge in [-0.15, -0.1) is 0 Å². The minimum absolute atomic E-state index is 0.285. The smallest absolute Gasteiger partial charge is 0.326 e. The average Bonchev–Trinajstić information content (AvgIpc) is 2.79. The summed E-state index contributed by atoms with van der Waals surface area (Å²) in [6, 6.07) is 4.62. The van der Waals surface area contributed by atoms with Crippen LogP contribution in [0.3, 0.4) is 0 Å². The largest absolute Gasteiger partial charge is 0.480 e. The molecule has 1 aromatic carbocycles. The fourth-order valence-electron chi connectivity index (χ4n) is 3.18. The monoisotopic (exact) mass is 362 g/mol. The number of carbonyl (C=O) groups excluding carboxylic acids is 3. The van der Waals surface area contributed by atoms with Gasteiger partial charge in [-0.2, -0.15) is 11.8 Å². The molecule has 2 atom stereocenters. The van der Waals surface area contributed by atoms with E-state index in [9.17, 15) is 24.3 Å². The van der Waals surface area contributed by atoms with E-state index in [1.165, 1.54) is 16.7 Å². The second-order valence-corrected chi connectivity index (χ2v) is 6.98. The molecular formula is C17H18N2O5S. The fraction of sp³-hybridized carbons (Fsp3) is 0.412. The van der Waals surface area contributed by atoms with Crippen LogP contribution in [0.1, 0.15) is 33.6 Å². The maximum Gasteiger partial charge on any atom is 0.326 e. The third-order valence-corrected chi connectivity index (χ3v) is 5.25. The van der Waals surface area contributed by atoms with Gasteiger partial charge in [0.05, 0.1) is 11.1 Å². The van der Waals surface area contributed by atoms with Crippen LogP contribution in [0, 0.1) is 0 Å². The van der Waals surface area contributed by atoms with Gasteiger partial charge in [0, 0.05) is 6.54 Å². The Morgan fingerprint density at radius 3 is 2.28 bits per heavy atom. The van der Waals surface area contributed by atoms with Crippen molar-refractivity contribution in [3.05, 3.63) is 35.4 Å². The Hall–Kier alpha value is -2.35. The maximum absolute atomic E-state index is 12.9. The van der Waals surface area contributed by atoms with Crippen molar-refractivity contribution in [1.82, 2.24) is 9.80 Å². The van der Waals surface area contributed by atoms with E-state index in [1.807, 2.05) is 6.26 Å². The van der Waals surface area contributed by atoms with Gasteiger partial charge >= 0.3 is 5.97 Å². The number of carbonyl (C=O) groups is 4. The van der Waals surface area contributed by atoms with E-state index >= 15 is 0 Å². The first-order valence-electron chi connectivity index (χ1n) is 7.96. The maximum atomic E-state index is 12.9. The van der Waals surface area contributed by atoms with Crippen LogP contribution in [0.4, 0.5) is 0 Å². The molecule has 1 unspecified atom stereocenters. The highest BCUT2D eigenvalue weighted by Crippen LogP contribution is 2.29. The molecule has 3 rings (SSSR count). The van der Waals surface area contributed by atoms with Crippen molar-refractivity contribution in [2.45, 2.75) is 24.9 Å². The van der Waals surface area contributed by atoms with E-state index in [1.54, 1.807) is 24.3 Å². The van der Waals surface area contributed by atoms with Crippen molar-refractivity contribution in [2.24, 2.45) is 0 Å². The zero-order valence-electron chi connectivity index (χ0n) is 13.7. The molecule has 8 heteroatoms. The number of likely N-dealkylation sites (tertiary alicyclic amines) is 1. The number of thioether (sulfide) groups is 1. The predicted molar refractivity (Wildman–Crippen MR) is 91.5 cm³/mol. The Morgan fingerprint density at radius 2 is 1.84 bits per heavy atom. The zero-order valence-corrected chi connectivity index (χ0v) is 14.5. The van der Waals surface area contributed by atoms with E-state index < -0.39 is 35.8 Å². The Morgan fingerprint density at radius 1 is 1.24 bits per heavy atom. The predicted octanol–water partition coefficient (Wildman–Crippen LogP) is 1.09. The molecule has 0 spiro atoms. The van der Waals surface area contributed by atoms with E-state index in [4.69, 9.17) is 0 Å². The average molecular weight is 362 g/mol. The highest BCUT2D eigenvalue weighted by atomic mass is 32.2. The highest BCUT2D eigenvalue weighted by Gasteiger charge is 2.47. The summed E-state index contributed by atoms with van der Waals surface area (Å²) >= 11 is 1.50. The number of benzene rings is 1. The number of amides is 3. The second kappa shape index (κ2) is 6.87. The number of hydrogen-bond donors (Lipinski definition) is 1. The number of rotatable bonds is 6. The molecule has 7 nitrogen and oxygen atoms in total. The van der Waals surface area contributed by atoms with Gasteiger partial charge < -0.3 is 10.0 Å². The lowest BCUT2D eigenvalue weighted by atomic mass is 10.00. The van der Waals surface area contributed by atoms with Crippen LogP contribution in [-0.4, -0.2) is 69.2 Å². The quantitative estimate of drug-likeness (QED) is 0.761. The van der Waals surface area contributed by atoms with E-state index in [0.717, 1.165) is 4.90 Å². The van der Waals surface area contributed by atoms with Gasteiger partial charge in [0.2, 0.25) is 5.91 Å². The molecular weight excluding hydrogens is 344 g/mol. The first kappa shape index (κ1) is 17.5. The molecule has 1 saturated heterocycles. The molecule has 25 heavy (non-hydrogen) atoms. The number of carboxylic acid groups (broad SMARTS) is 1. The van der Waals surface area contributed by atoms with Gasteiger partial charge in [0.25, 0.3) is 11.8 Å². The second-order valence-electron chi connectivity index (χ2n) is 6.00. The minimum Gasteiger partial charge on any atom is -0.480 e. The molecule has 0 radical (unpaired) electrons. The molecule has 0 bridgehead atoms. The van der Waals surface area contributed by atoms with E-state index in [0.29, 0.717) is 25.1 Å². The van der Waals surface area contributed by atoms with Gasteiger partial charge in [-0.1, -0.05) is 12.1 Å². The Balaban J connectivity index is 1.89. The molecule has 0 saturated carbocycles. The van der Waals surface area contributed by atoms with Crippen molar-refractivity contribution in [2.75, 3.05) is 18.6 Å². The number of nitrogens with zero attached hydrogens (tertiary/aromatic N) is 2. The van der Waals surface area contributed by atoms with Crippen LogP contribution in [0.2, 0.25) is 0 Å². The van der Waals surface area contributed by atoms with Gasteiger partial charge in [-0.3, -0.25) is 19.3 Å². The lowest BCUT2D eigenvalue weighted by Crippen LogP contribution is -2.61. The third-order valence-electron chi connectivity index (χ3n) is 4.61. The molecule has 1 N–H and O–H groups in total. The van der Waals surface area contributed by atoms with Crippen LogP contribution in [0.25, 0.3) is 0 Å². The number of aliphatic carboxylic acids is 1. The Kier molecular flexibility index (Phi) is 4.80. The number of imide groups is 1. The summed E-state index contributed by atoms with van der Waals surface area (Å²) < 4.78 is 0. The standard InChI is InChI=1S/C17H18N2O5S/c1-25-9-7-12(16(22)18-8-6-13(18)17(23)24)19-14(20)10-4-2-3-5-11(10)15(19)21/h2-5,12-13H,6-9H2,1H3,(H,23,24)/t12?,13-/m1/s1. The van der Waals surface area contributed by atoms with Crippen molar-refractivity contribution >= 4 is 35.5 Å². The molecule has 2 aliphatic heterocycles. The first-order valence-corrected chi connectivity index (χ1v) is 9.36. The topological polar surface area (TPSA) is 95.0 Å². The van der Waals surface area contributed by atoms with Crippen molar-refractivity contribution < 1.29 is 24.3 Å². The molecule has 132 valence electrons. The molecule has 2 aliphatic rings. The number of fused-ring (bicyclic) bond motifs is 1. The zero-order chi connectivity index (χ0) is 18.1. The van der Waals surface area contributed by atoms with Crippen LogP contribution < -0.4 is 0 Å². The van der Waals surface area contributed by atoms with Gasteiger partial charge in [-0.05, 0) is 37.0 Å². The van der Waals surface area contributed by atoms with E-state index in [2.05, 4.69) is 0 Å². The number of hydrogen-bond acceptors (Lipinski definition) is 5. The Bertz CT molecular complexity index is 715. The van der Waals surface area contributed by atoms with E-state index in [-0.39, 0.29) is 11.1 Å². The van der Waals surface area contributed by atoms with Gasteiger partial charge in [0.1, 0.15) is 12.1 Å². The summed E-state index contributed by atoms with van der Waals surface area (Å²) in [6.45, 7) is 0.328. The van der Waals surface area contributed by atoms with Crippen molar-refractivity contribution in [3.8, 4) is 0 Å². The molecule has 0 aliphatic carbocycles. The third kappa shape index (κ3) is 2.90. The Labute approximate surface area is 149 Å². The normalized spacial score (nSPS) is 20.3. The lowest BCUT2D eigenvalue weighted by Gasteiger charge is -2.41. The fourth-order valence-corrected chi connectivity index (χ4v) is 3.64. The van der Waals surface area contributed by atoms with Crippen LogP contribution in [-0.2, 0) is 9.59 Å². The minimum atomic E-state index is -1.06. The SMILES string of the molecule is CSCCC(C(=O)N1CC[C@@H]1C(=O)O)N1C(=O)c2ccccc2C1=O.